The molecule has 0 rings (SSSR count). The number of carbonyl (C=O) groups is 1. The lowest BCUT2D eigenvalue weighted by atomic mass is 10.3. The third kappa shape index (κ3) is 6.57. The molecule has 0 amide bonds. The summed E-state index contributed by atoms with van der Waals surface area (Å²) < 4.78 is 7.98. The number of hydrogen-bond donors (Lipinski definition) is 0. The molecule has 0 heterocycles. The van der Waals surface area contributed by atoms with Crippen molar-refractivity contribution in [2.75, 3.05) is 0 Å². The average molecular weight is 157 g/mol. The maximum Gasteiger partial charge on any atom is 0.521 e. The summed E-state index contributed by atoms with van der Waals surface area (Å²) in [5, 5.41) is 0. The maximum atomic E-state index is 10.2. The first-order chi connectivity index (χ1) is 5.31. The van der Waals surface area contributed by atoms with Gasteiger partial charge in [-0.05, 0) is 12.5 Å². The van der Waals surface area contributed by atoms with Gasteiger partial charge in [0.1, 0.15) is 0 Å². The van der Waals surface area contributed by atoms with Crippen LogP contribution in [0.5, 0.6) is 0 Å². The lowest BCUT2D eigenvalue weighted by Crippen LogP contribution is -2.00. The van der Waals surface area contributed by atoms with E-state index in [0.29, 0.717) is 0 Å². The van der Waals surface area contributed by atoms with Crippen LogP contribution < -0.4 is 0 Å². The summed E-state index contributed by atoms with van der Waals surface area (Å²) in [5.41, 5.74) is 0. The zero-order valence-corrected chi connectivity index (χ0v) is 6.20. The zero-order valence-electron chi connectivity index (χ0n) is 6.20. The van der Waals surface area contributed by atoms with E-state index in [-0.39, 0.29) is 0 Å². The van der Waals surface area contributed by atoms with Crippen molar-refractivity contribution in [3.8, 4) is 0 Å². The van der Waals surface area contributed by atoms with Crippen molar-refractivity contribution in [1.29, 1.82) is 0 Å². The Morgan fingerprint density at radius 1 is 1.64 bits per heavy atom. The first-order valence-corrected chi connectivity index (χ1v) is 3.21. The van der Waals surface area contributed by atoms with Crippen LogP contribution in [0.1, 0.15) is 19.8 Å². The molecule has 0 fully saturated rings. The highest BCUT2D eigenvalue weighted by molar-refractivity contribution is 5.69. The molecule has 0 aliphatic rings. The van der Waals surface area contributed by atoms with Crippen LogP contribution in [0, 0.1) is 0 Å². The molecule has 11 heavy (non-hydrogen) atoms. The topological polar surface area (TPSA) is 52.6 Å². The quantitative estimate of drug-likeness (QED) is 0.352. The summed E-state index contributed by atoms with van der Waals surface area (Å²) in [5.74, 6) is 0. The maximum absolute atomic E-state index is 10.2. The minimum Gasteiger partial charge on any atom is -0.403 e. The zero-order chi connectivity index (χ0) is 8.53. The van der Waals surface area contributed by atoms with Crippen LogP contribution in [-0.2, 0) is 14.3 Å². The number of hydrogen-bond acceptors (Lipinski definition) is 4. The summed E-state index contributed by atoms with van der Waals surface area (Å²) in [7, 11) is 0. The third-order valence-corrected chi connectivity index (χ3v) is 0.841. The highest BCUT2D eigenvalue weighted by Crippen LogP contribution is 1.90. The molecule has 0 atom stereocenters. The van der Waals surface area contributed by atoms with E-state index in [4.69, 9.17) is 0 Å². The summed E-state index contributed by atoms with van der Waals surface area (Å²) in [4.78, 5) is 19.7. The highest BCUT2D eigenvalue weighted by atomic mass is 16.7. The van der Waals surface area contributed by atoms with Crippen molar-refractivity contribution >= 4 is 12.6 Å². The van der Waals surface area contributed by atoms with E-state index in [0.717, 1.165) is 19.3 Å². The smallest absolute Gasteiger partial charge is 0.403 e. The number of rotatable bonds is 4. The average Bonchev–Trinajstić information content (AvgIpc) is 1.99. The molecule has 0 aromatic heterocycles. The fourth-order valence-electron chi connectivity index (χ4n) is 0.396. The van der Waals surface area contributed by atoms with Crippen LogP contribution in [-0.4, -0.2) is 12.6 Å². The Bertz CT molecular complexity index is 151. The van der Waals surface area contributed by atoms with Gasteiger partial charge in [-0.15, -0.1) is 0 Å². The van der Waals surface area contributed by atoms with Crippen molar-refractivity contribution in [3.63, 3.8) is 0 Å². The van der Waals surface area contributed by atoms with E-state index < -0.39 is 6.16 Å². The minimum absolute atomic E-state index is 0.818. The molecule has 0 saturated carbocycles. The largest absolute Gasteiger partial charge is 0.521 e. The number of carbonyl (C=O) groups excluding carboxylic acids is 2. The van der Waals surface area contributed by atoms with Crippen LogP contribution in [0.15, 0.2) is 12.3 Å². The van der Waals surface area contributed by atoms with E-state index in [1.807, 2.05) is 6.92 Å². The van der Waals surface area contributed by atoms with E-state index in [9.17, 15) is 9.59 Å². The van der Waals surface area contributed by atoms with Crippen molar-refractivity contribution in [3.05, 3.63) is 12.3 Å². The van der Waals surface area contributed by atoms with Gasteiger partial charge in [0.25, 0.3) is 0 Å². The molecular weight excluding hydrogens is 148 g/mol. The van der Waals surface area contributed by atoms with Crippen molar-refractivity contribution < 1.29 is 19.1 Å². The van der Waals surface area contributed by atoms with Crippen LogP contribution in [0.3, 0.4) is 0 Å². The lowest BCUT2D eigenvalue weighted by Gasteiger charge is -1.91. The Balaban J connectivity index is 3.36. The van der Waals surface area contributed by atoms with E-state index in [1.165, 1.54) is 6.26 Å². The monoisotopic (exact) mass is 157 g/mol. The van der Waals surface area contributed by atoms with Gasteiger partial charge in [0.15, 0.2) is 0 Å². The minimum atomic E-state index is -1.06. The first-order valence-electron chi connectivity index (χ1n) is 3.21. The van der Waals surface area contributed by atoms with Crippen molar-refractivity contribution in [2.24, 2.45) is 0 Å². The lowest BCUT2D eigenvalue weighted by molar-refractivity contribution is 0.129. The second kappa shape index (κ2) is 6.80. The number of unbranched alkanes of at least 4 members (excludes halogenated alkanes) is 1. The van der Waals surface area contributed by atoms with Gasteiger partial charge in [-0.1, -0.05) is 13.3 Å². The summed E-state index contributed by atoms with van der Waals surface area (Å²) in [6.45, 7) is 2.94. The third-order valence-electron chi connectivity index (χ3n) is 0.841. The van der Waals surface area contributed by atoms with Gasteiger partial charge in [-0.2, -0.15) is 0 Å². The van der Waals surface area contributed by atoms with Gasteiger partial charge in [-0.25, -0.2) is 9.59 Å². The molecule has 0 bridgehead atoms. The molecule has 4 nitrogen and oxygen atoms in total. The summed E-state index contributed by atoms with van der Waals surface area (Å²) >= 11 is 0. The van der Waals surface area contributed by atoms with E-state index >= 15 is 0 Å². The van der Waals surface area contributed by atoms with E-state index in [2.05, 4.69) is 9.47 Å². The highest BCUT2D eigenvalue weighted by Gasteiger charge is 1.98. The van der Waals surface area contributed by atoms with Crippen LogP contribution >= 0.6 is 0 Å². The van der Waals surface area contributed by atoms with Gasteiger partial charge in [0.05, 0.1) is 6.26 Å². The normalized spacial score (nSPS) is 9.55. The standard InChI is InChI=1S/C7H9O4/c1-2-3-4-5-10-7(9)11-6-8/h4-5H,2-3H2,1H3/b5-4+. The predicted molar refractivity (Wildman–Crippen MR) is 37.3 cm³/mol. The molecule has 0 saturated heterocycles. The van der Waals surface area contributed by atoms with Gasteiger partial charge in [-0.3, -0.25) is 0 Å². The van der Waals surface area contributed by atoms with E-state index in [1.54, 1.807) is 6.08 Å². The molecule has 61 valence electrons. The van der Waals surface area contributed by atoms with Gasteiger partial charge >= 0.3 is 12.6 Å². The van der Waals surface area contributed by atoms with Gasteiger partial charge in [0, 0.05) is 0 Å². The first kappa shape index (κ1) is 9.68. The second-order valence-electron chi connectivity index (χ2n) is 1.71. The number of ether oxygens (including phenoxy) is 2. The molecule has 0 spiro atoms. The van der Waals surface area contributed by atoms with Crippen LogP contribution in [0.2, 0.25) is 0 Å². The fraction of sp³-hybridized carbons (Fsp3) is 0.429. The van der Waals surface area contributed by atoms with Crippen molar-refractivity contribution in [1.82, 2.24) is 0 Å². The van der Waals surface area contributed by atoms with Gasteiger partial charge in [0.2, 0.25) is 0 Å². The Hall–Kier alpha value is -1.32. The number of allylic oxidation sites excluding steroid dienone is 1. The van der Waals surface area contributed by atoms with Gasteiger partial charge < -0.3 is 9.47 Å². The predicted octanol–water partition coefficient (Wildman–Crippen LogP) is 1.52. The SMILES string of the molecule is CCC/C=C/OC(=O)O[C]=O. The Kier molecular flexibility index (Phi) is 5.98. The fourth-order valence-corrected chi connectivity index (χ4v) is 0.396. The van der Waals surface area contributed by atoms with Crippen LogP contribution in [0.4, 0.5) is 4.79 Å². The Morgan fingerprint density at radius 3 is 2.91 bits per heavy atom. The molecule has 0 aromatic carbocycles. The molecule has 0 unspecified atom stereocenters. The Labute approximate surface area is 64.8 Å². The molecule has 4 heteroatoms. The summed E-state index contributed by atoms with van der Waals surface area (Å²) in [6, 6.07) is 0. The molecule has 0 N–H and O–H groups in total. The molecule has 0 aromatic rings. The molecule has 0 aliphatic carbocycles. The van der Waals surface area contributed by atoms with Crippen LogP contribution in [0.25, 0.3) is 0 Å². The Morgan fingerprint density at radius 2 is 2.36 bits per heavy atom. The molecule has 0 aliphatic heterocycles. The molecular formula is C7H9O4. The molecule has 1 radical (unpaired) electrons. The van der Waals surface area contributed by atoms with Crippen molar-refractivity contribution in [2.45, 2.75) is 19.8 Å². The summed E-state index contributed by atoms with van der Waals surface area (Å²) in [6.07, 6.45) is 3.56. The second-order valence-corrected chi connectivity index (χ2v) is 1.71.